The molecule has 0 unspecified atom stereocenters. The van der Waals surface area contributed by atoms with Crippen LogP contribution in [0.1, 0.15) is 19.0 Å². The van der Waals surface area contributed by atoms with E-state index in [0.717, 1.165) is 69.4 Å². The highest BCUT2D eigenvalue weighted by molar-refractivity contribution is 7.07. The quantitative estimate of drug-likeness (QED) is 0.786. The summed E-state index contributed by atoms with van der Waals surface area (Å²) in [6.07, 6.45) is 1.05. The molecule has 0 radical (unpaired) electrons. The van der Waals surface area contributed by atoms with Gasteiger partial charge in [0.05, 0.1) is 11.2 Å². The number of thiazole rings is 1. The van der Waals surface area contributed by atoms with Crippen LogP contribution in [0.2, 0.25) is 0 Å². The van der Waals surface area contributed by atoms with E-state index in [9.17, 15) is 4.79 Å². The van der Waals surface area contributed by atoms with Crippen LogP contribution in [0.4, 0.5) is 10.5 Å². The van der Waals surface area contributed by atoms with Crippen LogP contribution in [0.25, 0.3) is 0 Å². The number of anilines is 1. The fourth-order valence-corrected chi connectivity index (χ4v) is 4.54. The van der Waals surface area contributed by atoms with Crippen molar-refractivity contribution < 1.29 is 9.53 Å². The summed E-state index contributed by atoms with van der Waals surface area (Å²) in [5.41, 5.74) is 3.46. The molecule has 3 heterocycles. The molecule has 2 amide bonds. The summed E-state index contributed by atoms with van der Waals surface area (Å²) < 4.78 is 5.78. The number of likely N-dealkylation sites (tertiary alicyclic amines) is 1. The Labute approximate surface area is 176 Å². The van der Waals surface area contributed by atoms with E-state index in [1.54, 1.807) is 16.8 Å². The lowest BCUT2D eigenvalue weighted by atomic mass is 10.2. The van der Waals surface area contributed by atoms with E-state index in [0.29, 0.717) is 12.6 Å². The lowest BCUT2D eigenvalue weighted by molar-refractivity contribution is 0.103. The first-order valence-electron chi connectivity index (χ1n) is 10.3. The van der Waals surface area contributed by atoms with Gasteiger partial charge in [0.1, 0.15) is 12.4 Å². The Kier molecular flexibility index (Phi) is 6.63. The molecular formula is C21H29N5O2S. The smallest absolute Gasteiger partial charge is 0.321 e. The third-order valence-electron chi connectivity index (χ3n) is 5.78. The second-order valence-corrected chi connectivity index (χ2v) is 8.30. The predicted octanol–water partition coefficient (Wildman–Crippen LogP) is 2.97. The lowest BCUT2D eigenvalue weighted by Crippen LogP contribution is -2.51. The van der Waals surface area contributed by atoms with Crippen LogP contribution < -0.4 is 10.1 Å². The standard InChI is InChI=1S/C21H29N5O2S/c1-2-24-8-10-25(11-9-24)19-6-7-26(13-19)21(27)23-17-4-3-5-20(12-17)28-14-18-15-29-16-22-18/h3-5,12,15-16,19H,2,6-11,13-14H2,1H3,(H,23,27)/t19-/m0/s1. The van der Waals surface area contributed by atoms with Gasteiger partial charge >= 0.3 is 6.03 Å². The number of hydrogen-bond donors (Lipinski definition) is 1. The summed E-state index contributed by atoms with van der Waals surface area (Å²) >= 11 is 1.55. The third-order valence-corrected chi connectivity index (χ3v) is 6.41. The van der Waals surface area contributed by atoms with Gasteiger partial charge < -0.3 is 19.9 Å². The largest absolute Gasteiger partial charge is 0.487 e. The Hall–Kier alpha value is -2.16. The Morgan fingerprint density at radius 3 is 2.90 bits per heavy atom. The first-order valence-corrected chi connectivity index (χ1v) is 11.3. The van der Waals surface area contributed by atoms with Gasteiger partial charge in [-0.3, -0.25) is 4.90 Å². The molecule has 0 spiro atoms. The fourth-order valence-electron chi connectivity index (χ4n) is 4.00. The molecule has 1 N–H and O–H groups in total. The van der Waals surface area contributed by atoms with Crippen molar-refractivity contribution in [2.45, 2.75) is 26.0 Å². The minimum Gasteiger partial charge on any atom is -0.487 e. The SMILES string of the molecule is CCN1CCN([C@H]2CCN(C(=O)Nc3cccc(OCc4cscn4)c3)C2)CC1. The number of carbonyl (C=O) groups is 1. The number of benzene rings is 1. The average molecular weight is 416 g/mol. The van der Waals surface area contributed by atoms with Gasteiger partial charge in [0.25, 0.3) is 0 Å². The number of hydrogen-bond acceptors (Lipinski definition) is 6. The molecule has 0 aliphatic carbocycles. The number of amides is 2. The number of rotatable bonds is 6. The minimum absolute atomic E-state index is 0.0312. The molecule has 29 heavy (non-hydrogen) atoms. The van der Waals surface area contributed by atoms with E-state index < -0.39 is 0 Å². The van der Waals surface area contributed by atoms with Crippen LogP contribution in [0.3, 0.4) is 0 Å². The summed E-state index contributed by atoms with van der Waals surface area (Å²) in [5.74, 6) is 0.726. The normalized spacial score (nSPS) is 20.7. The maximum atomic E-state index is 12.7. The molecular weight excluding hydrogens is 386 g/mol. The van der Waals surface area contributed by atoms with Crippen molar-refractivity contribution in [3.63, 3.8) is 0 Å². The average Bonchev–Trinajstić information content (AvgIpc) is 3.45. The summed E-state index contributed by atoms with van der Waals surface area (Å²) in [6.45, 7) is 9.86. The molecule has 0 saturated carbocycles. The summed E-state index contributed by atoms with van der Waals surface area (Å²) in [7, 11) is 0. The Morgan fingerprint density at radius 1 is 1.28 bits per heavy atom. The molecule has 2 saturated heterocycles. The number of likely N-dealkylation sites (N-methyl/N-ethyl adjacent to an activating group) is 1. The number of nitrogens with one attached hydrogen (secondary N) is 1. The van der Waals surface area contributed by atoms with Crippen LogP contribution in [0.5, 0.6) is 5.75 Å². The Bertz CT molecular complexity index is 792. The van der Waals surface area contributed by atoms with E-state index in [2.05, 4.69) is 27.0 Å². The molecule has 156 valence electrons. The molecule has 4 rings (SSSR count). The van der Waals surface area contributed by atoms with Gasteiger partial charge in [-0.25, -0.2) is 9.78 Å². The van der Waals surface area contributed by atoms with Crippen molar-refractivity contribution in [1.82, 2.24) is 19.7 Å². The molecule has 1 aromatic carbocycles. The van der Waals surface area contributed by atoms with Crippen LogP contribution in [0, 0.1) is 0 Å². The summed E-state index contributed by atoms with van der Waals surface area (Å²) in [6, 6.07) is 7.99. The fraction of sp³-hybridized carbons (Fsp3) is 0.524. The van der Waals surface area contributed by atoms with Crippen molar-refractivity contribution in [3.8, 4) is 5.75 Å². The molecule has 8 heteroatoms. The van der Waals surface area contributed by atoms with Crippen molar-refractivity contribution in [2.75, 3.05) is 51.1 Å². The summed E-state index contributed by atoms with van der Waals surface area (Å²) in [4.78, 5) is 23.9. The van der Waals surface area contributed by atoms with Crippen LogP contribution in [0.15, 0.2) is 35.2 Å². The topological polar surface area (TPSA) is 60.9 Å². The van der Waals surface area contributed by atoms with Gasteiger partial charge in [-0.2, -0.15) is 0 Å². The maximum absolute atomic E-state index is 12.7. The van der Waals surface area contributed by atoms with Crippen LogP contribution in [-0.2, 0) is 6.61 Å². The number of aromatic nitrogens is 1. The molecule has 2 fully saturated rings. The van der Waals surface area contributed by atoms with E-state index in [4.69, 9.17) is 4.74 Å². The first kappa shape index (κ1) is 20.1. The highest BCUT2D eigenvalue weighted by atomic mass is 32.1. The van der Waals surface area contributed by atoms with Gasteiger partial charge in [0, 0.05) is 62.4 Å². The van der Waals surface area contributed by atoms with E-state index in [1.165, 1.54) is 0 Å². The number of carbonyl (C=O) groups excluding carboxylic acids is 1. The third kappa shape index (κ3) is 5.26. The second kappa shape index (κ2) is 9.56. The van der Waals surface area contributed by atoms with Gasteiger partial charge in [-0.15, -0.1) is 11.3 Å². The first-order chi connectivity index (χ1) is 14.2. The molecule has 2 aliphatic heterocycles. The maximum Gasteiger partial charge on any atom is 0.321 e. The van der Waals surface area contributed by atoms with Crippen LogP contribution >= 0.6 is 11.3 Å². The number of nitrogens with zero attached hydrogens (tertiary/aromatic N) is 4. The Balaban J connectivity index is 1.27. The second-order valence-electron chi connectivity index (χ2n) is 7.59. The van der Waals surface area contributed by atoms with Crippen molar-refractivity contribution in [2.24, 2.45) is 0 Å². The van der Waals surface area contributed by atoms with Crippen molar-refractivity contribution in [1.29, 1.82) is 0 Å². The van der Waals surface area contributed by atoms with E-state index >= 15 is 0 Å². The monoisotopic (exact) mass is 415 g/mol. The van der Waals surface area contributed by atoms with Crippen molar-refractivity contribution in [3.05, 3.63) is 40.8 Å². The molecule has 1 atom stereocenters. The molecule has 2 aromatic rings. The van der Waals surface area contributed by atoms with E-state index in [-0.39, 0.29) is 6.03 Å². The van der Waals surface area contributed by atoms with Gasteiger partial charge in [-0.1, -0.05) is 13.0 Å². The van der Waals surface area contributed by atoms with Crippen LogP contribution in [-0.4, -0.2) is 77.6 Å². The zero-order valence-electron chi connectivity index (χ0n) is 16.9. The number of urea groups is 1. The molecule has 1 aromatic heterocycles. The van der Waals surface area contributed by atoms with Gasteiger partial charge in [-0.05, 0) is 25.1 Å². The summed E-state index contributed by atoms with van der Waals surface area (Å²) in [5, 5.41) is 4.99. The number of piperazine rings is 1. The molecule has 7 nitrogen and oxygen atoms in total. The predicted molar refractivity (Wildman–Crippen MR) is 116 cm³/mol. The minimum atomic E-state index is -0.0312. The lowest BCUT2D eigenvalue weighted by Gasteiger charge is -2.37. The number of ether oxygens (including phenoxy) is 1. The zero-order valence-corrected chi connectivity index (χ0v) is 17.7. The van der Waals surface area contributed by atoms with Gasteiger partial charge in [0.15, 0.2) is 0 Å². The van der Waals surface area contributed by atoms with Gasteiger partial charge in [0.2, 0.25) is 0 Å². The van der Waals surface area contributed by atoms with Crippen molar-refractivity contribution >= 4 is 23.1 Å². The highest BCUT2D eigenvalue weighted by Gasteiger charge is 2.31. The Morgan fingerprint density at radius 2 is 2.14 bits per heavy atom. The zero-order chi connectivity index (χ0) is 20.1. The molecule has 2 aliphatic rings. The molecule has 0 bridgehead atoms. The van der Waals surface area contributed by atoms with E-state index in [1.807, 2.05) is 34.5 Å². The highest BCUT2D eigenvalue weighted by Crippen LogP contribution is 2.21.